The molecule has 128 valence electrons. The molecule has 0 radical (unpaired) electrons. The molecule has 2 heteroatoms. The van der Waals surface area contributed by atoms with Gasteiger partial charge in [0.25, 0.3) is 0 Å². The van der Waals surface area contributed by atoms with Crippen LogP contribution in [-0.2, 0) is 0 Å². The van der Waals surface area contributed by atoms with Crippen molar-refractivity contribution in [1.82, 2.24) is 0 Å². The largest absolute Gasteiger partial charge is 0.457 e. The summed E-state index contributed by atoms with van der Waals surface area (Å²) in [6, 6.07) is 26.7. The zero-order valence-corrected chi connectivity index (χ0v) is 14.9. The predicted molar refractivity (Wildman–Crippen MR) is 108 cm³/mol. The number of para-hydroxylation sites is 1. The monoisotopic (exact) mass is 339 g/mol. The lowest BCUT2D eigenvalue weighted by Gasteiger charge is -2.15. The van der Waals surface area contributed by atoms with Crippen molar-refractivity contribution in [1.29, 1.82) is 0 Å². The summed E-state index contributed by atoms with van der Waals surface area (Å²) in [4.78, 5) is 4.71. The van der Waals surface area contributed by atoms with Crippen molar-refractivity contribution in [3.05, 3.63) is 102 Å². The van der Waals surface area contributed by atoms with Crippen molar-refractivity contribution >= 4 is 11.3 Å². The van der Waals surface area contributed by atoms with Crippen molar-refractivity contribution in [2.45, 2.75) is 13.3 Å². The van der Waals surface area contributed by atoms with E-state index < -0.39 is 0 Å². The van der Waals surface area contributed by atoms with Crippen molar-refractivity contribution in [3.63, 3.8) is 0 Å². The van der Waals surface area contributed by atoms with Crippen LogP contribution in [0.15, 0.2) is 89.9 Å². The number of rotatable bonds is 4. The third-order valence-electron chi connectivity index (χ3n) is 4.49. The summed E-state index contributed by atoms with van der Waals surface area (Å²) >= 11 is 0. The summed E-state index contributed by atoms with van der Waals surface area (Å²) < 4.78 is 5.88. The lowest BCUT2D eigenvalue weighted by molar-refractivity contribution is 0.482. The highest BCUT2D eigenvalue weighted by Gasteiger charge is 2.11. The summed E-state index contributed by atoms with van der Waals surface area (Å²) in [5.41, 5.74) is 6.06. The number of allylic oxidation sites excluding steroid dienone is 1. The second-order valence-electron chi connectivity index (χ2n) is 6.50. The zero-order chi connectivity index (χ0) is 17.8. The van der Waals surface area contributed by atoms with Crippen LogP contribution >= 0.6 is 0 Å². The molecule has 0 fully saturated rings. The van der Waals surface area contributed by atoms with E-state index in [-0.39, 0.29) is 0 Å². The molecule has 0 atom stereocenters. The minimum atomic E-state index is 0.831. The molecule has 26 heavy (non-hydrogen) atoms. The lowest BCUT2D eigenvalue weighted by Crippen LogP contribution is -2.06. The predicted octanol–water partition coefficient (Wildman–Crippen LogP) is 6.06. The van der Waals surface area contributed by atoms with Gasteiger partial charge in [0.05, 0.1) is 5.71 Å². The first-order chi connectivity index (χ1) is 12.8. The maximum absolute atomic E-state index is 5.88. The first-order valence-corrected chi connectivity index (χ1v) is 8.93. The quantitative estimate of drug-likeness (QED) is 0.566. The number of hydrogen-bond acceptors (Lipinski definition) is 2. The van der Waals surface area contributed by atoms with Gasteiger partial charge < -0.3 is 4.74 Å². The summed E-state index contributed by atoms with van der Waals surface area (Å²) in [5.74, 6) is 1.70. The van der Waals surface area contributed by atoms with Crippen molar-refractivity contribution in [2.75, 3.05) is 6.54 Å². The van der Waals surface area contributed by atoms with Crippen LogP contribution in [0.1, 0.15) is 23.1 Å². The standard InChI is InChI=1S/C24H21NO/c1-18-6-5-7-21(16-18)24-17-20(14-15-25-24)19-10-12-23(13-11-19)26-22-8-3-2-4-9-22/h2-13,16-17H,14-15H2,1H3. The topological polar surface area (TPSA) is 21.6 Å². The number of ether oxygens (including phenoxy) is 1. The van der Waals surface area contributed by atoms with E-state index in [1.54, 1.807) is 0 Å². The second kappa shape index (κ2) is 7.40. The summed E-state index contributed by atoms with van der Waals surface area (Å²) in [7, 11) is 0. The number of benzene rings is 3. The summed E-state index contributed by atoms with van der Waals surface area (Å²) in [6.07, 6.45) is 3.18. The molecule has 0 amide bonds. The van der Waals surface area contributed by atoms with E-state index in [0.717, 1.165) is 30.2 Å². The fraction of sp³-hybridized carbons (Fsp3) is 0.125. The third-order valence-corrected chi connectivity index (χ3v) is 4.49. The van der Waals surface area contributed by atoms with Crippen molar-refractivity contribution < 1.29 is 4.74 Å². The normalized spacial score (nSPS) is 13.7. The molecule has 0 bridgehead atoms. The van der Waals surface area contributed by atoms with Crippen LogP contribution < -0.4 is 4.74 Å². The van der Waals surface area contributed by atoms with Crippen LogP contribution in [0, 0.1) is 6.92 Å². The van der Waals surface area contributed by atoms with Crippen molar-refractivity contribution in [3.8, 4) is 11.5 Å². The van der Waals surface area contributed by atoms with Gasteiger partial charge in [-0.15, -0.1) is 0 Å². The van der Waals surface area contributed by atoms with Crippen LogP contribution in [0.5, 0.6) is 11.5 Å². The molecule has 1 aliphatic heterocycles. The van der Waals surface area contributed by atoms with Gasteiger partial charge >= 0.3 is 0 Å². The highest BCUT2D eigenvalue weighted by atomic mass is 16.5. The Morgan fingerprint density at radius 3 is 2.31 bits per heavy atom. The van der Waals surface area contributed by atoms with Crippen LogP contribution in [0.3, 0.4) is 0 Å². The molecule has 1 aliphatic rings. The molecule has 0 saturated heterocycles. The second-order valence-corrected chi connectivity index (χ2v) is 6.50. The zero-order valence-electron chi connectivity index (χ0n) is 14.9. The summed E-state index contributed by atoms with van der Waals surface area (Å²) in [6.45, 7) is 2.94. The SMILES string of the molecule is Cc1cccc(C2=NCCC(c3ccc(Oc4ccccc4)cc3)=C2)c1. The Hall–Kier alpha value is -3.13. The van der Waals surface area contributed by atoms with Crippen LogP contribution in [0.4, 0.5) is 0 Å². The van der Waals surface area contributed by atoms with Crippen molar-refractivity contribution in [2.24, 2.45) is 4.99 Å². The van der Waals surface area contributed by atoms with E-state index in [0.29, 0.717) is 0 Å². The smallest absolute Gasteiger partial charge is 0.127 e. The molecule has 3 aromatic carbocycles. The Bertz CT molecular complexity index is 953. The van der Waals surface area contributed by atoms with Gasteiger partial charge in [-0.2, -0.15) is 0 Å². The molecule has 0 aromatic heterocycles. The Morgan fingerprint density at radius 2 is 1.54 bits per heavy atom. The fourth-order valence-corrected chi connectivity index (χ4v) is 3.15. The van der Waals surface area contributed by atoms with E-state index in [2.05, 4.69) is 49.4 Å². The van der Waals surface area contributed by atoms with Gasteiger partial charge in [-0.3, -0.25) is 4.99 Å². The number of nitrogens with zero attached hydrogens (tertiary/aromatic N) is 1. The Morgan fingerprint density at radius 1 is 0.769 bits per heavy atom. The average molecular weight is 339 g/mol. The third kappa shape index (κ3) is 3.75. The highest BCUT2D eigenvalue weighted by molar-refractivity contribution is 6.13. The van der Waals surface area contributed by atoms with Gasteiger partial charge in [0, 0.05) is 6.54 Å². The summed E-state index contributed by atoms with van der Waals surface area (Å²) in [5, 5.41) is 0. The molecular formula is C24H21NO. The van der Waals surface area contributed by atoms with Crippen LogP contribution in [0.2, 0.25) is 0 Å². The van der Waals surface area contributed by atoms with E-state index >= 15 is 0 Å². The Labute approximate surface area is 154 Å². The highest BCUT2D eigenvalue weighted by Crippen LogP contribution is 2.27. The van der Waals surface area contributed by atoms with Crippen LogP contribution in [-0.4, -0.2) is 12.3 Å². The molecule has 0 unspecified atom stereocenters. The maximum atomic E-state index is 5.88. The Kier molecular flexibility index (Phi) is 4.65. The van der Waals surface area contributed by atoms with E-state index in [1.807, 2.05) is 42.5 Å². The molecule has 1 heterocycles. The van der Waals surface area contributed by atoms with Gasteiger partial charge in [0.1, 0.15) is 11.5 Å². The molecular weight excluding hydrogens is 318 g/mol. The number of dihydropyridines is 1. The van der Waals surface area contributed by atoms with Gasteiger partial charge in [-0.05, 0) is 66.5 Å². The molecule has 0 N–H and O–H groups in total. The molecule has 0 aliphatic carbocycles. The first-order valence-electron chi connectivity index (χ1n) is 8.93. The van der Waals surface area contributed by atoms with E-state index in [9.17, 15) is 0 Å². The number of hydrogen-bond donors (Lipinski definition) is 0. The minimum Gasteiger partial charge on any atom is -0.457 e. The molecule has 0 saturated carbocycles. The Balaban J connectivity index is 1.54. The lowest BCUT2D eigenvalue weighted by atomic mass is 9.96. The van der Waals surface area contributed by atoms with E-state index in [1.165, 1.54) is 22.3 Å². The van der Waals surface area contributed by atoms with Crippen LogP contribution in [0.25, 0.3) is 5.57 Å². The fourth-order valence-electron chi connectivity index (χ4n) is 3.15. The minimum absolute atomic E-state index is 0.831. The van der Waals surface area contributed by atoms with Gasteiger partial charge in [0.2, 0.25) is 0 Å². The molecule has 3 aromatic rings. The number of aliphatic imine (C=N–C) groups is 1. The van der Waals surface area contributed by atoms with Gasteiger partial charge in [-0.25, -0.2) is 0 Å². The van der Waals surface area contributed by atoms with Gasteiger partial charge in [-0.1, -0.05) is 54.1 Å². The molecule has 4 rings (SSSR count). The molecule has 2 nitrogen and oxygen atoms in total. The molecule has 0 spiro atoms. The maximum Gasteiger partial charge on any atom is 0.127 e. The van der Waals surface area contributed by atoms with Gasteiger partial charge in [0.15, 0.2) is 0 Å². The first kappa shape index (κ1) is 16.3. The average Bonchev–Trinajstić information content (AvgIpc) is 2.69. The number of aryl methyl sites for hydroxylation is 1. The van der Waals surface area contributed by atoms with E-state index in [4.69, 9.17) is 9.73 Å².